The van der Waals surface area contributed by atoms with Crippen LogP contribution in [0.25, 0.3) is 0 Å². The van der Waals surface area contributed by atoms with Crippen LogP contribution in [0.15, 0.2) is 30.3 Å². The van der Waals surface area contributed by atoms with Crippen LogP contribution in [-0.2, 0) is 16.0 Å². The lowest BCUT2D eigenvalue weighted by molar-refractivity contribution is -0.146. The number of hydrogen-bond acceptors (Lipinski definition) is 3. The minimum atomic E-state index is -1.10. The molecule has 0 aliphatic rings. The Bertz CT molecular complexity index is 439. The predicted molar refractivity (Wildman–Crippen MR) is 77.2 cm³/mol. The molecule has 1 rings (SSSR count). The number of benzene rings is 1. The molecular weight excluding hydrogens is 280 g/mol. The zero-order valence-electron chi connectivity index (χ0n) is 11.2. The maximum atomic E-state index is 12.0. The summed E-state index contributed by atoms with van der Waals surface area (Å²) < 4.78 is 0.797. The minimum Gasteiger partial charge on any atom is -0.480 e. The second-order valence-corrected chi connectivity index (χ2v) is 4.87. The number of carbonyl (C=O) groups excluding carboxylic acids is 1. The van der Waals surface area contributed by atoms with E-state index in [4.69, 9.17) is 22.6 Å². The SMILES string of the molecule is NCCCC[C@@H](C(=O)O)N(Cl)C(=O)Cc1ccccc1. The Morgan fingerprint density at radius 3 is 2.45 bits per heavy atom. The smallest absolute Gasteiger partial charge is 0.327 e. The number of halogens is 1. The van der Waals surface area contributed by atoms with Gasteiger partial charge in [0.15, 0.2) is 0 Å². The lowest BCUT2D eigenvalue weighted by Gasteiger charge is -2.21. The van der Waals surface area contributed by atoms with Gasteiger partial charge in [0.25, 0.3) is 0 Å². The van der Waals surface area contributed by atoms with Gasteiger partial charge in [0, 0.05) is 11.8 Å². The Morgan fingerprint density at radius 1 is 1.25 bits per heavy atom. The standard InChI is InChI=1S/C14H19ClN2O3/c15-17(12(14(19)20)8-4-5-9-16)13(18)10-11-6-2-1-3-7-11/h1-3,6-7,12H,4-5,8-10,16H2,(H,19,20)/t12-/m0/s1. The fraction of sp³-hybridized carbons (Fsp3) is 0.429. The van der Waals surface area contributed by atoms with Crippen LogP contribution < -0.4 is 5.73 Å². The maximum absolute atomic E-state index is 12.0. The largest absolute Gasteiger partial charge is 0.480 e. The van der Waals surface area contributed by atoms with E-state index in [1.165, 1.54) is 0 Å². The van der Waals surface area contributed by atoms with E-state index in [0.717, 1.165) is 9.98 Å². The normalized spacial score (nSPS) is 11.9. The highest BCUT2D eigenvalue weighted by molar-refractivity contribution is 6.22. The van der Waals surface area contributed by atoms with Gasteiger partial charge in [-0.3, -0.25) is 4.79 Å². The third-order valence-corrected chi connectivity index (χ3v) is 3.35. The van der Waals surface area contributed by atoms with Crippen LogP contribution in [0, 0.1) is 0 Å². The molecule has 5 nitrogen and oxygen atoms in total. The quantitative estimate of drug-likeness (QED) is 0.566. The first-order valence-corrected chi connectivity index (χ1v) is 6.84. The number of nitrogens with zero attached hydrogens (tertiary/aromatic N) is 1. The average molecular weight is 299 g/mol. The van der Waals surface area contributed by atoms with Crippen molar-refractivity contribution in [3.63, 3.8) is 0 Å². The summed E-state index contributed by atoms with van der Waals surface area (Å²) in [6.07, 6.45) is 1.72. The topological polar surface area (TPSA) is 83.6 Å². The second-order valence-electron chi connectivity index (χ2n) is 4.51. The van der Waals surface area contributed by atoms with Gasteiger partial charge in [-0.05, 0) is 31.4 Å². The molecule has 0 aromatic heterocycles. The van der Waals surface area contributed by atoms with Gasteiger partial charge in [0.2, 0.25) is 5.91 Å². The summed E-state index contributed by atoms with van der Waals surface area (Å²) in [4.78, 5) is 23.2. The number of amides is 1. The molecule has 0 saturated heterocycles. The van der Waals surface area contributed by atoms with Crippen molar-refractivity contribution < 1.29 is 14.7 Å². The molecule has 1 amide bonds. The summed E-state index contributed by atoms with van der Waals surface area (Å²) in [5, 5.41) is 9.15. The maximum Gasteiger partial charge on any atom is 0.327 e. The van der Waals surface area contributed by atoms with Crippen molar-refractivity contribution in [3.05, 3.63) is 35.9 Å². The Balaban J connectivity index is 2.61. The van der Waals surface area contributed by atoms with Gasteiger partial charge in [-0.25, -0.2) is 9.21 Å². The van der Waals surface area contributed by atoms with Gasteiger partial charge < -0.3 is 10.8 Å². The Labute approximate surface area is 123 Å². The Morgan fingerprint density at radius 2 is 1.90 bits per heavy atom. The number of carboxylic acids is 1. The van der Waals surface area contributed by atoms with Crippen LogP contribution >= 0.6 is 11.8 Å². The van der Waals surface area contributed by atoms with Crippen molar-refractivity contribution in [2.75, 3.05) is 6.54 Å². The van der Waals surface area contributed by atoms with Crippen molar-refractivity contribution in [2.24, 2.45) is 5.73 Å². The molecular formula is C14H19ClN2O3. The van der Waals surface area contributed by atoms with Crippen LogP contribution in [0.5, 0.6) is 0 Å². The molecule has 1 aromatic rings. The number of nitrogens with two attached hydrogens (primary N) is 1. The molecule has 0 unspecified atom stereocenters. The van der Waals surface area contributed by atoms with E-state index in [0.29, 0.717) is 25.8 Å². The van der Waals surface area contributed by atoms with E-state index in [-0.39, 0.29) is 6.42 Å². The van der Waals surface area contributed by atoms with Crippen LogP contribution in [0.1, 0.15) is 24.8 Å². The van der Waals surface area contributed by atoms with E-state index < -0.39 is 17.9 Å². The lowest BCUT2D eigenvalue weighted by atomic mass is 10.1. The zero-order chi connectivity index (χ0) is 15.0. The molecule has 6 heteroatoms. The van der Waals surface area contributed by atoms with E-state index in [1.807, 2.05) is 18.2 Å². The molecule has 0 fully saturated rings. The minimum absolute atomic E-state index is 0.0883. The van der Waals surface area contributed by atoms with Gasteiger partial charge in [-0.1, -0.05) is 30.3 Å². The Hall–Kier alpha value is -1.59. The van der Waals surface area contributed by atoms with Gasteiger partial charge in [-0.15, -0.1) is 0 Å². The van der Waals surface area contributed by atoms with Crippen molar-refractivity contribution in [1.29, 1.82) is 0 Å². The van der Waals surface area contributed by atoms with Crippen molar-refractivity contribution >= 4 is 23.7 Å². The summed E-state index contributed by atoms with van der Waals surface area (Å²) in [7, 11) is 0. The highest BCUT2D eigenvalue weighted by atomic mass is 35.5. The van der Waals surface area contributed by atoms with Gasteiger partial charge in [0.05, 0.1) is 6.42 Å². The van der Waals surface area contributed by atoms with Gasteiger partial charge >= 0.3 is 5.97 Å². The highest BCUT2D eigenvalue weighted by Crippen LogP contribution is 2.14. The third-order valence-electron chi connectivity index (χ3n) is 2.93. The second kappa shape index (κ2) is 8.55. The number of unbranched alkanes of at least 4 members (excludes halogenated alkanes) is 1. The molecule has 1 aromatic carbocycles. The van der Waals surface area contributed by atoms with Crippen LogP contribution in [0.4, 0.5) is 0 Å². The third kappa shape index (κ3) is 5.19. The van der Waals surface area contributed by atoms with Crippen LogP contribution in [0.3, 0.4) is 0 Å². The van der Waals surface area contributed by atoms with E-state index >= 15 is 0 Å². The van der Waals surface area contributed by atoms with E-state index in [1.54, 1.807) is 12.1 Å². The lowest BCUT2D eigenvalue weighted by Crippen LogP contribution is -2.39. The molecule has 0 spiro atoms. The molecule has 0 bridgehead atoms. The van der Waals surface area contributed by atoms with Gasteiger partial charge in [-0.2, -0.15) is 0 Å². The van der Waals surface area contributed by atoms with Crippen molar-refractivity contribution in [2.45, 2.75) is 31.7 Å². The summed E-state index contributed by atoms with van der Waals surface area (Å²) in [6.45, 7) is 0.493. The van der Waals surface area contributed by atoms with Crippen molar-refractivity contribution in [1.82, 2.24) is 4.42 Å². The Kier molecular flexibility index (Phi) is 7.04. The first-order chi connectivity index (χ1) is 9.56. The number of carboxylic acid groups (broad SMARTS) is 1. The molecule has 20 heavy (non-hydrogen) atoms. The number of carbonyl (C=O) groups is 2. The monoisotopic (exact) mass is 298 g/mol. The number of hydrogen-bond donors (Lipinski definition) is 2. The fourth-order valence-electron chi connectivity index (χ4n) is 1.84. The first kappa shape index (κ1) is 16.5. The summed E-state index contributed by atoms with van der Waals surface area (Å²) >= 11 is 5.89. The zero-order valence-corrected chi connectivity index (χ0v) is 11.9. The van der Waals surface area contributed by atoms with Crippen LogP contribution in [0.2, 0.25) is 0 Å². The fourth-order valence-corrected chi connectivity index (χ4v) is 2.08. The highest BCUT2D eigenvalue weighted by Gasteiger charge is 2.28. The molecule has 0 saturated carbocycles. The number of rotatable bonds is 8. The van der Waals surface area contributed by atoms with Crippen LogP contribution in [-0.4, -0.2) is 34.0 Å². The first-order valence-electron chi connectivity index (χ1n) is 6.51. The van der Waals surface area contributed by atoms with E-state index in [9.17, 15) is 9.59 Å². The van der Waals surface area contributed by atoms with Crippen molar-refractivity contribution in [3.8, 4) is 0 Å². The predicted octanol–water partition coefficient (Wildman–Crippen LogP) is 1.79. The molecule has 3 N–H and O–H groups in total. The molecule has 0 heterocycles. The summed E-state index contributed by atoms with van der Waals surface area (Å²) in [5.74, 6) is -1.52. The molecule has 1 atom stereocenters. The number of aliphatic carboxylic acids is 1. The summed E-state index contributed by atoms with van der Waals surface area (Å²) in [5.41, 5.74) is 6.17. The molecule has 0 aliphatic carbocycles. The molecule has 110 valence electrons. The summed E-state index contributed by atoms with van der Waals surface area (Å²) in [6, 6.07) is 8.06. The van der Waals surface area contributed by atoms with E-state index in [2.05, 4.69) is 0 Å². The molecule has 0 radical (unpaired) electrons. The average Bonchev–Trinajstić information content (AvgIpc) is 2.43. The van der Waals surface area contributed by atoms with Gasteiger partial charge in [0.1, 0.15) is 6.04 Å². The molecule has 0 aliphatic heterocycles.